The number of halogens is 1. The number of anilines is 2. The lowest BCUT2D eigenvalue weighted by Crippen LogP contribution is -2.38. The summed E-state index contributed by atoms with van der Waals surface area (Å²) in [5.74, 6) is -0.173. The van der Waals surface area contributed by atoms with Crippen molar-refractivity contribution in [3.05, 3.63) is 51.7 Å². The topological polar surface area (TPSA) is 87.3 Å². The summed E-state index contributed by atoms with van der Waals surface area (Å²) in [6, 6.07) is 5.68. The average Bonchev–Trinajstić information content (AvgIpc) is 2.61. The highest BCUT2D eigenvalue weighted by Gasteiger charge is 2.16. The van der Waals surface area contributed by atoms with Crippen LogP contribution in [0.2, 0.25) is 0 Å². The summed E-state index contributed by atoms with van der Waals surface area (Å²) in [5, 5.41) is 2.62. The molecule has 0 aliphatic carbocycles. The number of rotatable bonds is 5. The average molecular weight is 360 g/mol. The van der Waals surface area contributed by atoms with Gasteiger partial charge in [-0.25, -0.2) is 9.37 Å². The van der Waals surface area contributed by atoms with E-state index in [1.54, 1.807) is 13.0 Å². The Morgan fingerprint density at radius 1 is 1.38 bits per heavy atom. The number of carbonyl (C=O) groups is 1. The van der Waals surface area contributed by atoms with E-state index in [4.69, 9.17) is 4.74 Å². The highest BCUT2D eigenvalue weighted by molar-refractivity contribution is 5.90. The monoisotopic (exact) mass is 360 g/mol. The van der Waals surface area contributed by atoms with Crippen molar-refractivity contribution in [2.24, 2.45) is 0 Å². The van der Waals surface area contributed by atoms with Crippen LogP contribution in [0.25, 0.3) is 0 Å². The molecule has 26 heavy (non-hydrogen) atoms. The Bertz CT molecular complexity index is 847. The van der Waals surface area contributed by atoms with Gasteiger partial charge in [0.2, 0.25) is 11.9 Å². The van der Waals surface area contributed by atoms with Gasteiger partial charge in [0.15, 0.2) is 0 Å². The van der Waals surface area contributed by atoms with Gasteiger partial charge < -0.3 is 15.0 Å². The van der Waals surface area contributed by atoms with E-state index in [-0.39, 0.29) is 24.3 Å². The number of hydrogen-bond donors (Lipinski definition) is 2. The highest BCUT2D eigenvalue weighted by Crippen LogP contribution is 2.13. The van der Waals surface area contributed by atoms with Crippen molar-refractivity contribution in [3.63, 3.8) is 0 Å². The summed E-state index contributed by atoms with van der Waals surface area (Å²) >= 11 is 0. The van der Waals surface area contributed by atoms with Crippen molar-refractivity contribution < 1.29 is 13.9 Å². The molecule has 0 radical (unpaired) electrons. The van der Waals surface area contributed by atoms with Crippen LogP contribution in [0.1, 0.15) is 17.7 Å². The maximum Gasteiger partial charge on any atom is 0.255 e. The van der Waals surface area contributed by atoms with Gasteiger partial charge in [-0.05, 0) is 31.5 Å². The van der Waals surface area contributed by atoms with E-state index in [9.17, 15) is 14.0 Å². The van der Waals surface area contributed by atoms with Crippen LogP contribution in [0, 0.1) is 12.7 Å². The largest absolute Gasteiger partial charge is 0.378 e. The first-order valence-electron chi connectivity index (χ1n) is 8.51. The normalized spacial score (nSPS) is 14.3. The highest BCUT2D eigenvalue weighted by atomic mass is 19.1. The molecule has 138 valence electrons. The first-order valence-corrected chi connectivity index (χ1v) is 8.51. The summed E-state index contributed by atoms with van der Waals surface area (Å²) in [6.07, 6.45) is 0.373. The number of benzene rings is 1. The molecular weight excluding hydrogens is 339 g/mol. The Kier molecular flexibility index (Phi) is 5.62. The number of H-pyrrole nitrogens is 1. The lowest BCUT2D eigenvalue weighted by Gasteiger charge is -2.27. The fourth-order valence-corrected chi connectivity index (χ4v) is 2.84. The van der Waals surface area contributed by atoms with Crippen LogP contribution in [0.15, 0.2) is 29.1 Å². The zero-order valence-electron chi connectivity index (χ0n) is 14.5. The Hall–Kier alpha value is -2.74. The van der Waals surface area contributed by atoms with Gasteiger partial charge in [-0.15, -0.1) is 0 Å². The SMILES string of the molecule is Cc1nc(N2CCOCC2)[nH]c(=O)c1CCC(=O)Nc1cccc(F)c1. The second-order valence-electron chi connectivity index (χ2n) is 6.11. The van der Waals surface area contributed by atoms with Crippen molar-refractivity contribution in [3.8, 4) is 0 Å². The third-order valence-electron chi connectivity index (χ3n) is 4.23. The van der Waals surface area contributed by atoms with Crippen molar-refractivity contribution >= 4 is 17.5 Å². The Labute approximate surface area is 150 Å². The standard InChI is InChI=1S/C18H21FN4O3/c1-12-15(5-6-16(24)21-14-4-2-3-13(19)11-14)17(25)22-18(20-12)23-7-9-26-10-8-23/h2-4,11H,5-10H2,1H3,(H,21,24)(H,20,22,25). The van der Waals surface area contributed by atoms with E-state index < -0.39 is 5.82 Å². The molecule has 0 saturated carbocycles. The molecule has 0 atom stereocenters. The Morgan fingerprint density at radius 2 is 2.15 bits per heavy atom. The number of morpholine rings is 1. The fraction of sp³-hybridized carbons (Fsp3) is 0.389. The number of aromatic amines is 1. The van der Waals surface area contributed by atoms with Crippen LogP contribution in [0.4, 0.5) is 16.0 Å². The molecule has 2 aromatic rings. The number of nitrogens with one attached hydrogen (secondary N) is 2. The van der Waals surface area contributed by atoms with Gasteiger partial charge in [0.05, 0.1) is 13.2 Å². The molecule has 2 N–H and O–H groups in total. The van der Waals surface area contributed by atoms with Crippen LogP contribution in [0.5, 0.6) is 0 Å². The van der Waals surface area contributed by atoms with Gasteiger partial charge >= 0.3 is 0 Å². The predicted molar refractivity (Wildman–Crippen MR) is 96.0 cm³/mol. The summed E-state index contributed by atoms with van der Waals surface area (Å²) in [6.45, 7) is 4.32. The lowest BCUT2D eigenvalue weighted by molar-refractivity contribution is -0.116. The molecular formula is C18H21FN4O3. The molecule has 1 aliphatic heterocycles. The molecule has 1 aromatic heterocycles. The number of nitrogens with zero attached hydrogens (tertiary/aromatic N) is 2. The second kappa shape index (κ2) is 8.09. The molecule has 1 aliphatic rings. The third kappa shape index (κ3) is 4.45. The van der Waals surface area contributed by atoms with Crippen LogP contribution >= 0.6 is 0 Å². The van der Waals surface area contributed by atoms with E-state index >= 15 is 0 Å². The van der Waals surface area contributed by atoms with E-state index in [0.29, 0.717) is 49.2 Å². The molecule has 0 spiro atoms. The minimum absolute atomic E-state index is 0.110. The van der Waals surface area contributed by atoms with Crippen molar-refractivity contribution in [2.75, 3.05) is 36.5 Å². The lowest BCUT2D eigenvalue weighted by atomic mass is 10.1. The molecule has 0 unspecified atom stereocenters. The first kappa shape index (κ1) is 18.1. The molecule has 1 saturated heterocycles. The molecule has 7 nitrogen and oxygen atoms in total. The molecule has 1 fully saturated rings. The number of aryl methyl sites for hydroxylation is 1. The minimum atomic E-state index is -0.419. The zero-order valence-corrected chi connectivity index (χ0v) is 14.5. The third-order valence-corrected chi connectivity index (χ3v) is 4.23. The van der Waals surface area contributed by atoms with Gasteiger partial charge in [0.1, 0.15) is 5.82 Å². The number of amides is 1. The fourth-order valence-electron chi connectivity index (χ4n) is 2.84. The van der Waals surface area contributed by atoms with Crippen molar-refractivity contribution in [1.29, 1.82) is 0 Å². The summed E-state index contributed by atoms with van der Waals surface area (Å²) in [4.78, 5) is 33.7. The van der Waals surface area contributed by atoms with Gasteiger partial charge in [-0.3, -0.25) is 14.6 Å². The molecule has 0 bridgehead atoms. The van der Waals surface area contributed by atoms with E-state index in [1.807, 2.05) is 4.90 Å². The number of hydrogen-bond acceptors (Lipinski definition) is 5. The second-order valence-corrected chi connectivity index (χ2v) is 6.11. The van der Waals surface area contributed by atoms with Crippen LogP contribution in [-0.2, 0) is 16.0 Å². The van der Waals surface area contributed by atoms with Gasteiger partial charge in [-0.2, -0.15) is 0 Å². The molecule has 8 heteroatoms. The van der Waals surface area contributed by atoms with E-state index in [1.165, 1.54) is 18.2 Å². The summed E-state index contributed by atoms with van der Waals surface area (Å²) in [7, 11) is 0. The summed E-state index contributed by atoms with van der Waals surface area (Å²) in [5.41, 5.74) is 1.24. The van der Waals surface area contributed by atoms with Crippen LogP contribution in [0.3, 0.4) is 0 Å². The number of carbonyl (C=O) groups excluding carboxylic acids is 1. The van der Waals surface area contributed by atoms with Crippen molar-refractivity contribution in [1.82, 2.24) is 9.97 Å². The minimum Gasteiger partial charge on any atom is -0.378 e. The van der Waals surface area contributed by atoms with Gasteiger partial charge in [-0.1, -0.05) is 6.07 Å². The number of ether oxygens (including phenoxy) is 1. The first-order chi connectivity index (χ1) is 12.5. The predicted octanol–water partition coefficient (Wildman–Crippen LogP) is 1.63. The van der Waals surface area contributed by atoms with E-state index in [0.717, 1.165) is 0 Å². The van der Waals surface area contributed by atoms with Gasteiger partial charge in [0, 0.05) is 36.5 Å². The summed E-state index contributed by atoms with van der Waals surface area (Å²) < 4.78 is 18.4. The Balaban J connectivity index is 1.64. The quantitative estimate of drug-likeness (QED) is 0.846. The van der Waals surface area contributed by atoms with Gasteiger partial charge in [0.25, 0.3) is 5.56 Å². The molecule has 3 rings (SSSR count). The maximum absolute atomic E-state index is 13.1. The Morgan fingerprint density at radius 3 is 2.85 bits per heavy atom. The van der Waals surface area contributed by atoms with Crippen LogP contribution in [-0.4, -0.2) is 42.2 Å². The van der Waals surface area contributed by atoms with Crippen molar-refractivity contribution in [2.45, 2.75) is 19.8 Å². The number of aromatic nitrogens is 2. The molecule has 1 amide bonds. The van der Waals surface area contributed by atoms with E-state index in [2.05, 4.69) is 15.3 Å². The zero-order chi connectivity index (χ0) is 18.5. The smallest absolute Gasteiger partial charge is 0.255 e. The van der Waals surface area contributed by atoms with Crippen LogP contribution < -0.4 is 15.8 Å². The molecule has 2 heterocycles. The molecule has 1 aromatic carbocycles. The maximum atomic E-state index is 13.1.